The number of carbonyl (C=O) groups is 1. The Morgan fingerprint density at radius 1 is 1.29 bits per heavy atom. The van der Waals surface area contributed by atoms with E-state index in [1.807, 2.05) is 11.5 Å². The summed E-state index contributed by atoms with van der Waals surface area (Å²) < 4.78 is 34.8. The Morgan fingerprint density at radius 3 is 2.76 bits per heavy atom. The maximum atomic E-state index is 15.7. The molecular weight excluding hydrogens is 532 g/mol. The van der Waals surface area contributed by atoms with Crippen molar-refractivity contribution in [3.8, 4) is 5.75 Å². The second-order valence-corrected chi connectivity index (χ2v) is 11.1. The molecule has 1 saturated heterocycles. The number of nitrogens with one attached hydrogen (secondary N) is 1. The van der Waals surface area contributed by atoms with Crippen LogP contribution in [-0.4, -0.2) is 53.5 Å². The number of pyridine rings is 1. The first-order valence-electron chi connectivity index (χ1n) is 12.7. The third-order valence-electron chi connectivity index (χ3n) is 7.37. The largest absolute Gasteiger partial charge is 0.497 e. The maximum absolute atomic E-state index is 15.7. The normalized spacial score (nSPS) is 16.3. The van der Waals surface area contributed by atoms with Gasteiger partial charge in [-0.1, -0.05) is 23.7 Å². The molecule has 0 bridgehead atoms. The van der Waals surface area contributed by atoms with E-state index in [1.54, 1.807) is 30.3 Å². The summed E-state index contributed by atoms with van der Waals surface area (Å²) >= 11 is 7.87. The van der Waals surface area contributed by atoms with E-state index in [1.165, 1.54) is 31.1 Å². The van der Waals surface area contributed by atoms with Gasteiger partial charge in [0.2, 0.25) is 5.91 Å². The average Bonchev–Trinajstić information content (AvgIpc) is 2.94. The van der Waals surface area contributed by atoms with Gasteiger partial charge in [0.25, 0.3) is 0 Å². The van der Waals surface area contributed by atoms with Crippen LogP contribution in [0.3, 0.4) is 0 Å². The van der Waals surface area contributed by atoms with Gasteiger partial charge in [-0.3, -0.25) is 15.0 Å². The number of carbonyl (C=O) groups excluding carboxylic acids is 1. The van der Waals surface area contributed by atoms with Crippen molar-refractivity contribution >= 4 is 40.2 Å². The predicted molar refractivity (Wildman–Crippen MR) is 146 cm³/mol. The number of hydrogen-bond acceptors (Lipinski definition) is 6. The van der Waals surface area contributed by atoms with Crippen molar-refractivity contribution in [2.75, 3.05) is 32.5 Å². The molecule has 1 fully saturated rings. The van der Waals surface area contributed by atoms with Crippen LogP contribution < -0.4 is 10.2 Å². The van der Waals surface area contributed by atoms with Gasteiger partial charge >= 0.3 is 0 Å². The van der Waals surface area contributed by atoms with Crippen LogP contribution in [0.25, 0.3) is 10.9 Å². The lowest BCUT2D eigenvalue weighted by Crippen LogP contribution is -2.48. The van der Waals surface area contributed by atoms with Gasteiger partial charge < -0.3 is 9.64 Å². The summed E-state index contributed by atoms with van der Waals surface area (Å²) in [5, 5.41) is 10.3. The zero-order chi connectivity index (χ0) is 27.1. The van der Waals surface area contributed by atoms with Crippen LogP contribution in [0, 0.1) is 11.2 Å². The molecule has 2 heterocycles. The van der Waals surface area contributed by atoms with Crippen LogP contribution in [0.5, 0.6) is 5.75 Å². The molecule has 1 aliphatic rings. The average molecular weight is 564 g/mol. The third-order valence-corrected chi connectivity index (χ3v) is 8.80. The number of nitrogens with zero attached hydrogens (tertiary/aromatic N) is 2. The molecule has 0 spiro atoms. The van der Waals surface area contributed by atoms with Crippen molar-refractivity contribution in [3.05, 3.63) is 65.1 Å². The van der Waals surface area contributed by atoms with E-state index < -0.39 is 17.5 Å². The maximum Gasteiger partial charge on any atom is 0.249 e. The minimum absolute atomic E-state index is 0.0722. The minimum Gasteiger partial charge on any atom is -0.497 e. The molecule has 0 unspecified atom stereocenters. The molecule has 6 nitrogen and oxygen atoms in total. The highest BCUT2D eigenvalue weighted by Gasteiger charge is 2.41. The minimum atomic E-state index is -1.42. The van der Waals surface area contributed by atoms with Crippen molar-refractivity contribution < 1.29 is 23.5 Å². The van der Waals surface area contributed by atoms with E-state index >= 15 is 4.39 Å². The first-order valence-corrected chi connectivity index (χ1v) is 14.0. The highest BCUT2D eigenvalue weighted by atomic mass is 35.5. The lowest BCUT2D eigenvalue weighted by Gasteiger charge is -2.40. The molecule has 1 aromatic heterocycles. The molecule has 1 atom stereocenters. The summed E-state index contributed by atoms with van der Waals surface area (Å²) in [6.45, 7) is 2.14. The first-order chi connectivity index (χ1) is 18.4. The lowest BCUT2D eigenvalue weighted by molar-refractivity contribution is -0.143. The molecule has 10 heteroatoms. The summed E-state index contributed by atoms with van der Waals surface area (Å²) in [7, 11) is 1.54. The van der Waals surface area contributed by atoms with Crippen molar-refractivity contribution in [3.63, 3.8) is 0 Å². The number of ether oxygens (including phenoxy) is 1. The van der Waals surface area contributed by atoms with Gasteiger partial charge in [0, 0.05) is 22.0 Å². The van der Waals surface area contributed by atoms with Crippen LogP contribution in [0.15, 0.2) is 53.6 Å². The van der Waals surface area contributed by atoms with Crippen LogP contribution in [-0.2, 0) is 4.79 Å². The molecule has 2 N–H and O–H groups in total. The fourth-order valence-corrected chi connectivity index (χ4v) is 6.25. The SMILES string of the molecule is COc1ccc2ncc(Cl)c([C@H](F)CCC3(C(=O)NO)CCN(CCCSc4ccccc4F)CC3)c2c1. The van der Waals surface area contributed by atoms with Crippen LogP contribution >= 0.6 is 23.4 Å². The van der Waals surface area contributed by atoms with Gasteiger partial charge in [0.15, 0.2) is 0 Å². The number of halogens is 3. The number of benzene rings is 2. The van der Waals surface area contributed by atoms with Gasteiger partial charge in [0.05, 0.1) is 23.1 Å². The smallest absolute Gasteiger partial charge is 0.249 e. The highest BCUT2D eigenvalue weighted by molar-refractivity contribution is 7.99. The number of alkyl halides is 1. The molecule has 4 rings (SSSR count). The van der Waals surface area contributed by atoms with E-state index in [4.69, 9.17) is 16.3 Å². The summed E-state index contributed by atoms with van der Waals surface area (Å²) in [4.78, 5) is 20.0. The molecule has 0 saturated carbocycles. The highest BCUT2D eigenvalue weighted by Crippen LogP contribution is 2.42. The lowest BCUT2D eigenvalue weighted by atomic mass is 9.73. The van der Waals surface area contributed by atoms with Crippen LogP contribution in [0.4, 0.5) is 8.78 Å². The molecule has 0 radical (unpaired) electrons. The number of hydroxylamine groups is 1. The Morgan fingerprint density at radius 2 is 2.05 bits per heavy atom. The predicted octanol–water partition coefficient (Wildman–Crippen LogP) is 6.60. The van der Waals surface area contributed by atoms with E-state index in [0.29, 0.717) is 53.0 Å². The monoisotopic (exact) mass is 563 g/mol. The standard InChI is InChI=1S/C28H32ClF2N3O3S/c1-37-19-7-8-24-20(17-19)26(21(29)18-32-24)23(31)9-10-28(27(35)33-36)11-14-34(15-12-28)13-4-16-38-25-6-3-2-5-22(25)30/h2-3,5-8,17-18,23,36H,4,9-16H2,1H3,(H,33,35)/t23-/m1/s1. The number of likely N-dealkylation sites (tertiary alicyclic amines) is 1. The fraction of sp³-hybridized carbons (Fsp3) is 0.429. The van der Waals surface area contributed by atoms with Crippen LogP contribution in [0.1, 0.15) is 43.8 Å². The number of fused-ring (bicyclic) bond motifs is 1. The Bertz CT molecular complexity index is 1260. The van der Waals surface area contributed by atoms with E-state index in [2.05, 4.69) is 9.88 Å². The van der Waals surface area contributed by atoms with Gasteiger partial charge in [0.1, 0.15) is 17.7 Å². The van der Waals surface area contributed by atoms with Gasteiger partial charge in [-0.15, -0.1) is 11.8 Å². The molecule has 3 aromatic rings. The summed E-state index contributed by atoms with van der Waals surface area (Å²) in [5.41, 5.74) is 1.89. The van der Waals surface area contributed by atoms with Crippen molar-refractivity contribution in [1.29, 1.82) is 0 Å². The Hall–Kier alpha value is -2.46. The molecule has 1 aliphatic heterocycles. The number of amides is 1. The molecule has 0 aliphatic carbocycles. The topological polar surface area (TPSA) is 74.7 Å². The van der Waals surface area contributed by atoms with Gasteiger partial charge in [-0.05, 0) is 87.8 Å². The zero-order valence-corrected chi connectivity index (χ0v) is 22.8. The molecule has 2 aromatic carbocycles. The molecular formula is C28H32ClF2N3O3S. The Labute approximate surface area is 230 Å². The number of methoxy groups -OCH3 is 1. The van der Waals surface area contributed by atoms with Crippen molar-refractivity contribution in [2.24, 2.45) is 5.41 Å². The first kappa shape index (κ1) is 28.5. The second-order valence-electron chi connectivity index (χ2n) is 9.60. The summed E-state index contributed by atoms with van der Waals surface area (Å²) in [6.07, 6.45) is 2.25. The Balaban J connectivity index is 1.36. The quantitative estimate of drug-likeness (QED) is 0.119. The number of piperidine rings is 1. The van der Waals surface area contributed by atoms with Crippen molar-refractivity contribution in [2.45, 2.75) is 43.2 Å². The summed E-state index contributed by atoms with van der Waals surface area (Å²) in [6, 6.07) is 12.0. The summed E-state index contributed by atoms with van der Waals surface area (Å²) in [5.74, 6) is 0.675. The third kappa shape index (κ3) is 6.57. The van der Waals surface area contributed by atoms with E-state index in [-0.39, 0.29) is 23.7 Å². The number of hydrogen-bond donors (Lipinski definition) is 2. The number of thioether (sulfide) groups is 1. The van der Waals surface area contributed by atoms with Gasteiger partial charge in [-0.25, -0.2) is 14.3 Å². The molecule has 1 amide bonds. The molecule has 204 valence electrons. The fourth-order valence-electron chi connectivity index (χ4n) is 5.11. The second kappa shape index (κ2) is 13.1. The van der Waals surface area contributed by atoms with E-state index in [9.17, 15) is 14.4 Å². The molecule has 38 heavy (non-hydrogen) atoms. The van der Waals surface area contributed by atoms with E-state index in [0.717, 1.165) is 18.7 Å². The van der Waals surface area contributed by atoms with Crippen LogP contribution in [0.2, 0.25) is 5.02 Å². The number of aromatic nitrogens is 1. The zero-order valence-electron chi connectivity index (χ0n) is 21.3. The Kier molecular flexibility index (Phi) is 9.81. The van der Waals surface area contributed by atoms with Gasteiger partial charge in [-0.2, -0.15) is 0 Å². The van der Waals surface area contributed by atoms with Crippen molar-refractivity contribution in [1.82, 2.24) is 15.4 Å². The number of rotatable bonds is 11.